The monoisotopic (exact) mass is 1260 g/mol. The Morgan fingerprint density at radius 3 is 0.609 bits per heavy atom. The third kappa shape index (κ3) is 23.3. The van der Waals surface area contributed by atoms with Gasteiger partial charge >= 0.3 is 0 Å². The first-order valence-electron chi connectivity index (χ1n) is 42.6. The first-order chi connectivity index (χ1) is 45.1. The van der Waals surface area contributed by atoms with E-state index in [2.05, 4.69) is 153 Å². The van der Waals surface area contributed by atoms with Gasteiger partial charge in [-0.1, -0.05) is 300 Å². The van der Waals surface area contributed by atoms with Crippen molar-refractivity contribution in [2.75, 3.05) is 0 Å². The predicted molar refractivity (Wildman–Crippen MR) is 405 cm³/mol. The molecule has 0 saturated heterocycles. The van der Waals surface area contributed by atoms with Gasteiger partial charge in [0.2, 0.25) is 0 Å². The number of hydrogen-bond donors (Lipinski definition) is 0. The fourth-order valence-electron chi connectivity index (χ4n) is 22.3. The lowest BCUT2D eigenvalue weighted by Gasteiger charge is -2.17. The minimum Gasteiger partial charge on any atom is -0.0851 e. The van der Waals surface area contributed by atoms with E-state index in [0.717, 1.165) is 142 Å². The Kier molecular flexibility index (Phi) is 32.8. The van der Waals surface area contributed by atoms with Crippen LogP contribution in [0.25, 0.3) is 0 Å². The molecule has 24 atom stereocenters. The summed E-state index contributed by atoms with van der Waals surface area (Å²) in [5.74, 6) is 24.0. The van der Waals surface area contributed by atoms with E-state index in [0.29, 0.717) is 0 Å². The molecule has 8 saturated carbocycles. The number of allylic oxidation sites excluding steroid dienone is 16. The molecule has 16 aliphatic rings. The summed E-state index contributed by atoms with van der Waals surface area (Å²) in [7, 11) is 0. The SMILES string of the molecule is CC1CC2C=CC1C2.CCC1CC2C=CC1C2.CCCC1CC2C=CC1C2.CCCCC1CC2C=CC1C2.CCCCCC1CC2C=CC1C2.CCCCCCC1CC2C=CC1C2.CCCCCCCC1CC2C=CC1C2.CCCCCCCCC1CC2C=CC1C2. The molecule has 0 heterocycles. The third-order valence-electron chi connectivity index (χ3n) is 27.9. The van der Waals surface area contributed by atoms with Crippen molar-refractivity contribution in [3.63, 3.8) is 0 Å². The second-order valence-electron chi connectivity index (χ2n) is 35.0. The molecule has 24 unspecified atom stereocenters. The van der Waals surface area contributed by atoms with Gasteiger partial charge in [-0.25, -0.2) is 0 Å². The van der Waals surface area contributed by atoms with Crippen LogP contribution in [-0.2, 0) is 0 Å². The van der Waals surface area contributed by atoms with Gasteiger partial charge in [0.15, 0.2) is 0 Å². The van der Waals surface area contributed by atoms with Gasteiger partial charge in [0.25, 0.3) is 0 Å². The lowest BCUT2D eigenvalue weighted by Crippen LogP contribution is -2.06. The predicted octanol–water partition coefficient (Wildman–Crippen LogP) is 28.7. The van der Waals surface area contributed by atoms with Gasteiger partial charge in [0.1, 0.15) is 0 Å². The topological polar surface area (TPSA) is 0 Å². The highest BCUT2D eigenvalue weighted by atomic mass is 14.4. The maximum atomic E-state index is 2.50. The largest absolute Gasteiger partial charge is 0.0851 e. The Bertz CT molecular complexity index is 2240. The van der Waals surface area contributed by atoms with Crippen LogP contribution < -0.4 is 0 Å². The minimum absolute atomic E-state index is 0.958. The molecule has 0 N–H and O–H groups in total. The van der Waals surface area contributed by atoms with Crippen LogP contribution in [0.3, 0.4) is 0 Å². The first kappa shape index (κ1) is 74.2. The van der Waals surface area contributed by atoms with Crippen LogP contribution >= 0.6 is 0 Å². The first-order valence-corrected chi connectivity index (χ1v) is 42.6. The van der Waals surface area contributed by atoms with Gasteiger partial charge in [-0.15, -0.1) is 0 Å². The normalized spacial score (nSPS) is 39.0. The van der Waals surface area contributed by atoms with Crippen LogP contribution in [0.15, 0.2) is 97.2 Å². The Labute approximate surface area is 573 Å². The molecular weight excluding hydrogens is 1110 g/mol. The van der Waals surface area contributed by atoms with E-state index in [1.54, 1.807) is 0 Å². The standard InChI is InChI=1S/C15H26.C14H24.C13H22.C12H20.C11H18.C10H16.C9H14.C8H12/c1-2-3-4-5-6-7-8-14-11-13-9-10-15(14)12-13;1-2-3-4-5-6-7-13-10-12-8-9-14(13)11-12;1-2-3-4-5-6-12-9-11-7-8-13(12)10-11;1-2-3-4-5-11-8-10-6-7-12(11)9-10;1-2-3-4-10-7-9-5-6-11(10)8-9;1-2-3-9-6-8-4-5-10(9)7-8;1-2-8-5-7-3-4-9(8)6-7;1-6-4-7-2-3-8(6)5-7/h9-10,13-15H,2-8,11-12H2,1H3;8-9,12-14H,2-7,10-11H2,1H3;7-8,11-13H,2-6,9-10H2,1H3;6-7,10-12H,2-5,8-9H2,1H3;5-6,9-11H,2-4,7-8H2,1H3;4-5,8-10H,2-3,6-7H2,1H3;3-4,7-9H,2,5-6H2,1H3;2-3,6-8H,4-5H2,1H3. The summed E-state index contributed by atoms with van der Waals surface area (Å²) >= 11 is 0. The van der Waals surface area contributed by atoms with E-state index in [1.165, 1.54) is 283 Å². The van der Waals surface area contributed by atoms with Crippen LogP contribution in [0, 0.1) is 142 Å². The molecule has 16 rings (SSSR count). The second kappa shape index (κ2) is 40.7. The number of hydrogen-bond acceptors (Lipinski definition) is 0. The molecule has 0 amide bonds. The Morgan fingerprint density at radius 1 is 0.185 bits per heavy atom. The van der Waals surface area contributed by atoms with Gasteiger partial charge in [-0.05, 0) is 277 Å². The van der Waals surface area contributed by atoms with E-state index >= 15 is 0 Å². The van der Waals surface area contributed by atoms with Gasteiger partial charge in [-0.2, -0.15) is 0 Å². The highest BCUT2D eigenvalue weighted by molar-refractivity contribution is 5.15. The van der Waals surface area contributed by atoms with Gasteiger partial charge in [0, 0.05) is 0 Å². The van der Waals surface area contributed by atoms with E-state index < -0.39 is 0 Å². The van der Waals surface area contributed by atoms with Gasteiger partial charge in [-0.3, -0.25) is 0 Å². The summed E-state index contributed by atoms with van der Waals surface area (Å²) in [5.41, 5.74) is 0. The van der Waals surface area contributed by atoms with Crippen molar-refractivity contribution in [2.45, 2.75) is 338 Å². The van der Waals surface area contributed by atoms with Crippen molar-refractivity contribution in [2.24, 2.45) is 142 Å². The smallest absolute Gasteiger partial charge is 0.0199 e. The van der Waals surface area contributed by atoms with E-state index in [1.807, 2.05) is 0 Å². The molecule has 16 bridgehead atoms. The molecule has 0 aromatic heterocycles. The summed E-state index contributed by atoms with van der Waals surface area (Å²) in [6, 6.07) is 0. The van der Waals surface area contributed by atoms with Crippen LogP contribution in [0.1, 0.15) is 338 Å². The highest BCUT2D eigenvalue weighted by Crippen LogP contribution is 2.51. The molecule has 0 nitrogen and oxygen atoms in total. The quantitative estimate of drug-likeness (QED) is 0.0541. The van der Waals surface area contributed by atoms with Crippen molar-refractivity contribution in [3.05, 3.63) is 97.2 Å². The average molecular weight is 1260 g/mol. The summed E-state index contributed by atoms with van der Waals surface area (Å²) < 4.78 is 0. The zero-order chi connectivity index (χ0) is 64.3. The van der Waals surface area contributed by atoms with E-state index in [9.17, 15) is 0 Å². The zero-order valence-corrected chi connectivity index (χ0v) is 62.2. The lowest BCUT2D eigenvalue weighted by molar-refractivity contribution is 0.394. The molecule has 0 heteroatoms. The van der Waals surface area contributed by atoms with Gasteiger partial charge in [0.05, 0.1) is 0 Å². The molecule has 0 aromatic carbocycles. The fraction of sp³-hybridized carbons (Fsp3) is 0.826. The summed E-state index contributed by atoms with van der Waals surface area (Å²) in [6.45, 7) is 18.5. The summed E-state index contributed by atoms with van der Waals surface area (Å²) in [5, 5.41) is 0. The molecule has 16 aliphatic carbocycles. The highest BCUT2D eigenvalue weighted by Gasteiger charge is 2.40. The Balaban J connectivity index is 0.000000125. The lowest BCUT2D eigenvalue weighted by atomic mass is 9.88. The maximum absolute atomic E-state index is 2.50. The Hall–Kier alpha value is -2.08. The maximum Gasteiger partial charge on any atom is -0.0199 e. The average Bonchev–Trinajstić information content (AvgIpc) is 4.63. The van der Waals surface area contributed by atoms with Crippen LogP contribution in [0.2, 0.25) is 0 Å². The van der Waals surface area contributed by atoms with Crippen molar-refractivity contribution >= 4 is 0 Å². The molecule has 520 valence electrons. The van der Waals surface area contributed by atoms with Gasteiger partial charge < -0.3 is 0 Å². The van der Waals surface area contributed by atoms with Crippen molar-refractivity contribution in [1.82, 2.24) is 0 Å². The van der Waals surface area contributed by atoms with Crippen LogP contribution in [0.4, 0.5) is 0 Å². The third-order valence-corrected chi connectivity index (χ3v) is 27.9. The zero-order valence-electron chi connectivity index (χ0n) is 62.2. The Morgan fingerprint density at radius 2 is 0.402 bits per heavy atom. The number of unbranched alkanes of at least 4 members (excludes halogenated alkanes) is 15. The molecule has 8 fully saturated rings. The molecule has 92 heavy (non-hydrogen) atoms. The van der Waals surface area contributed by atoms with Crippen molar-refractivity contribution < 1.29 is 0 Å². The van der Waals surface area contributed by atoms with Crippen LogP contribution in [-0.4, -0.2) is 0 Å². The minimum atomic E-state index is 0.958. The molecular formula is C92H152. The summed E-state index contributed by atoms with van der Waals surface area (Å²) in [4.78, 5) is 0. The molecule has 0 spiro atoms. The summed E-state index contributed by atoms with van der Waals surface area (Å²) in [6.07, 6.45) is 104. The van der Waals surface area contributed by atoms with Crippen LogP contribution in [0.5, 0.6) is 0 Å². The molecule has 0 aliphatic heterocycles. The number of rotatable bonds is 28. The van der Waals surface area contributed by atoms with Crippen molar-refractivity contribution in [3.8, 4) is 0 Å². The molecule has 0 aromatic rings. The second-order valence-corrected chi connectivity index (χ2v) is 35.0. The number of fused-ring (bicyclic) bond motifs is 16. The fourth-order valence-corrected chi connectivity index (χ4v) is 22.3. The van der Waals surface area contributed by atoms with E-state index in [-0.39, 0.29) is 0 Å². The molecule has 0 radical (unpaired) electrons. The van der Waals surface area contributed by atoms with Crippen molar-refractivity contribution in [1.29, 1.82) is 0 Å². The van der Waals surface area contributed by atoms with E-state index in [4.69, 9.17) is 0 Å².